The predicted octanol–water partition coefficient (Wildman–Crippen LogP) is 6.59. The third-order valence-corrected chi connectivity index (χ3v) is 7.83. The molecule has 3 unspecified atom stereocenters. The van der Waals surface area contributed by atoms with Gasteiger partial charge in [-0.25, -0.2) is 14.8 Å². The van der Waals surface area contributed by atoms with E-state index in [9.17, 15) is 18.0 Å². The van der Waals surface area contributed by atoms with Crippen LogP contribution in [0, 0.1) is 5.92 Å². The highest BCUT2D eigenvalue weighted by Gasteiger charge is 2.43. The number of halogens is 3. The number of hydrogen-bond donors (Lipinski definition) is 1. The van der Waals surface area contributed by atoms with Crippen LogP contribution < -0.4 is 15.1 Å². The summed E-state index contributed by atoms with van der Waals surface area (Å²) in [7, 11) is 0. The van der Waals surface area contributed by atoms with Crippen molar-refractivity contribution < 1.29 is 22.4 Å². The van der Waals surface area contributed by atoms with Crippen LogP contribution in [0.25, 0.3) is 11.3 Å². The molecule has 0 spiro atoms. The summed E-state index contributed by atoms with van der Waals surface area (Å²) < 4.78 is 45.7. The first-order chi connectivity index (χ1) is 17.9. The van der Waals surface area contributed by atoms with Crippen molar-refractivity contribution in [1.82, 2.24) is 9.97 Å². The van der Waals surface area contributed by atoms with Crippen LogP contribution in [0.15, 0.2) is 53.4 Å². The molecule has 37 heavy (non-hydrogen) atoms. The Morgan fingerprint density at radius 3 is 2.81 bits per heavy atom. The van der Waals surface area contributed by atoms with Gasteiger partial charge < -0.3 is 14.6 Å². The summed E-state index contributed by atoms with van der Waals surface area (Å²) in [4.78, 5) is 25.9. The van der Waals surface area contributed by atoms with Gasteiger partial charge in [-0.15, -0.1) is 0 Å². The molecule has 2 amide bonds. The Hall–Kier alpha value is -3.56. The van der Waals surface area contributed by atoms with Crippen LogP contribution in [-0.2, 0) is 0 Å². The highest BCUT2D eigenvalue weighted by atomic mass is 19.4. The molecule has 4 heterocycles. The molecule has 1 N–H and O–H groups in total. The number of piperidine rings is 1. The molecule has 194 valence electrons. The molecule has 10 heteroatoms. The molecule has 6 rings (SSSR count). The van der Waals surface area contributed by atoms with Crippen molar-refractivity contribution in [1.29, 1.82) is 0 Å². The van der Waals surface area contributed by atoms with Crippen molar-refractivity contribution in [2.45, 2.75) is 56.7 Å². The Bertz CT molecular complexity index is 1280. The number of aromatic nitrogens is 2. The Labute approximate surface area is 212 Å². The van der Waals surface area contributed by atoms with Crippen molar-refractivity contribution >= 4 is 23.4 Å². The molecule has 1 aromatic carbocycles. The van der Waals surface area contributed by atoms with Crippen molar-refractivity contribution in [2.75, 3.05) is 28.2 Å². The molecule has 3 atom stereocenters. The van der Waals surface area contributed by atoms with Crippen LogP contribution in [0.1, 0.15) is 50.0 Å². The highest BCUT2D eigenvalue weighted by molar-refractivity contribution is 6.03. The van der Waals surface area contributed by atoms with Crippen molar-refractivity contribution in [3.63, 3.8) is 0 Å². The first-order valence-electron chi connectivity index (χ1n) is 12.8. The number of hydrogen-bond acceptors (Lipinski definition) is 5. The minimum absolute atomic E-state index is 0.00395. The fourth-order valence-corrected chi connectivity index (χ4v) is 6.00. The number of oxazole rings is 1. The summed E-state index contributed by atoms with van der Waals surface area (Å²) in [6.07, 6.45) is 3.10. The molecule has 0 radical (unpaired) electrons. The van der Waals surface area contributed by atoms with E-state index in [0.717, 1.165) is 36.8 Å². The monoisotopic (exact) mass is 511 g/mol. The van der Waals surface area contributed by atoms with E-state index in [1.54, 1.807) is 22.1 Å². The number of anilines is 3. The Morgan fingerprint density at radius 1 is 1.11 bits per heavy atom. The number of rotatable bonds is 3. The summed E-state index contributed by atoms with van der Waals surface area (Å²) >= 11 is 0. The third-order valence-electron chi connectivity index (χ3n) is 7.83. The van der Waals surface area contributed by atoms with Gasteiger partial charge in [0.25, 0.3) is 0 Å². The lowest BCUT2D eigenvalue weighted by atomic mass is 9.77. The number of pyridine rings is 1. The second-order valence-corrected chi connectivity index (χ2v) is 10.2. The van der Waals surface area contributed by atoms with Gasteiger partial charge in [0, 0.05) is 30.4 Å². The van der Waals surface area contributed by atoms with Gasteiger partial charge in [0.05, 0.1) is 12.1 Å². The minimum atomic E-state index is -4.23. The van der Waals surface area contributed by atoms with Crippen molar-refractivity contribution in [3.05, 3.63) is 54.6 Å². The van der Waals surface area contributed by atoms with E-state index in [4.69, 9.17) is 9.40 Å². The lowest BCUT2D eigenvalue weighted by Gasteiger charge is -2.44. The molecule has 1 aliphatic carbocycles. The summed E-state index contributed by atoms with van der Waals surface area (Å²) in [5, 5.41) is 3.01. The maximum atomic E-state index is 13.7. The van der Waals surface area contributed by atoms with Crippen LogP contribution in [0.5, 0.6) is 0 Å². The van der Waals surface area contributed by atoms with E-state index in [2.05, 4.69) is 10.3 Å². The average molecular weight is 512 g/mol. The quantitative estimate of drug-likeness (QED) is 0.429. The van der Waals surface area contributed by atoms with Gasteiger partial charge in [0.15, 0.2) is 12.2 Å². The number of nitrogens with zero attached hydrogens (tertiary/aromatic N) is 4. The molecular weight excluding hydrogens is 483 g/mol. The summed E-state index contributed by atoms with van der Waals surface area (Å²) in [6.45, 7) is 0.411. The Kier molecular flexibility index (Phi) is 6.04. The molecule has 2 aliphatic heterocycles. The van der Waals surface area contributed by atoms with Crippen LogP contribution in [0.4, 0.5) is 35.3 Å². The average Bonchev–Trinajstić information content (AvgIpc) is 3.44. The smallest absolute Gasteiger partial charge is 0.393 e. The molecule has 2 aromatic heterocycles. The van der Waals surface area contributed by atoms with E-state index >= 15 is 0 Å². The van der Waals surface area contributed by atoms with Gasteiger partial charge in [-0.3, -0.25) is 4.90 Å². The van der Waals surface area contributed by atoms with E-state index in [-0.39, 0.29) is 25.0 Å². The molecule has 2 bridgehead atoms. The zero-order chi connectivity index (χ0) is 25.6. The molecule has 1 saturated carbocycles. The molecule has 3 aliphatic rings. The van der Waals surface area contributed by atoms with Crippen LogP contribution in [-0.4, -0.2) is 41.3 Å². The zero-order valence-electron chi connectivity index (χ0n) is 20.2. The number of fused-ring (bicyclic) bond motifs is 4. The lowest BCUT2D eigenvalue weighted by Crippen LogP contribution is -2.49. The summed E-state index contributed by atoms with van der Waals surface area (Å²) in [5.41, 5.74) is 2.39. The number of benzene rings is 1. The molecule has 7 nitrogen and oxygen atoms in total. The predicted molar refractivity (Wildman–Crippen MR) is 134 cm³/mol. The third kappa shape index (κ3) is 4.65. The van der Waals surface area contributed by atoms with Gasteiger partial charge in [-0.05, 0) is 61.8 Å². The molecule has 3 aromatic rings. The maximum absolute atomic E-state index is 13.7. The fraction of sp³-hybridized carbons (Fsp3) is 0.444. The standard InChI is InChI=1S/C27H28F3N5O2/c28-27(29,30)19-6-3-11-34(15-19)24-10-9-22-17-4-2-8-21(13-17)35(25(22)33-24)26(36)32-20-7-1-5-18(12-20)23-14-31-16-37-23/h1,5,7,9-10,12,14,16-17,19,21H,2-4,6,8,11,13,15H2,(H,32,36). The second-order valence-electron chi connectivity index (χ2n) is 10.2. The normalized spacial score (nSPS) is 23.5. The van der Waals surface area contributed by atoms with Gasteiger partial charge in [0.2, 0.25) is 0 Å². The van der Waals surface area contributed by atoms with Gasteiger partial charge >= 0.3 is 12.2 Å². The molecular formula is C27H28F3N5O2. The summed E-state index contributed by atoms with van der Waals surface area (Å²) in [6, 6.07) is 10.8. The van der Waals surface area contributed by atoms with E-state index < -0.39 is 12.1 Å². The largest absolute Gasteiger partial charge is 0.444 e. The van der Waals surface area contributed by atoms with E-state index in [1.807, 2.05) is 30.3 Å². The van der Waals surface area contributed by atoms with Gasteiger partial charge in [-0.1, -0.05) is 24.6 Å². The van der Waals surface area contributed by atoms with E-state index in [0.29, 0.717) is 42.0 Å². The van der Waals surface area contributed by atoms with Gasteiger partial charge in [-0.2, -0.15) is 13.2 Å². The first-order valence-corrected chi connectivity index (χ1v) is 12.8. The molecule has 2 fully saturated rings. The van der Waals surface area contributed by atoms with Crippen LogP contribution in [0.2, 0.25) is 0 Å². The number of amides is 2. The number of carbonyl (C=O) groups is 1. The lowest BCUT2D eigenvalue weighted by molar-refractivity contribution is -0.176. The van der Waals surface area contributed by atoms with Crippen LogP contribution >= 0.6 is 0 Å². The van der Waals surface area contributed by atoms with Crippen molar-refractivity contribution in [3.8, 4) is 11.3 Å². The maximum Gasteiger partial charge on any atom is 0.393 e. The Balaban J connectivity index is 1.30. The Morgan fingerprint density at radius 2 is 2.00 bits per heavy atom. The highest BCUT2D eigenvalue weighted by Crippen LogP contribution is 2.46. The number of urea groups is 1. The number of alkyl halides is 3. The molecule has 1 saturated heterocycles. The van der Waals surface area contributed by atoms with Crippen molar-refractivity contribution in [2.24, 2.45) is 5.92 Å². The minimum Gasteiger partial charge on any atom is -0.444 e. The SMILES string of the molecule is O=C(Nc1cccc(-c2cnco2)c1)N1c2nc(N3CCCC(C(F)(F)F)C3)ccc2C2CCCC1C2. The number of carbonyl (C=O) groups excluding carboxylic acids is 1. The number of nitrogens with one attached hydrogen (secondary N) is 1. The second kappa shape index (κ2) is 9.39. The van der Waals surface area contributed by atoms with Gasteiger partial charge in [0.1, 0.15) is 11.6 Å². The zero-order valence-corrected chi connectivity index (χ0v) is 20.2. The topological polar surface area (TPSA) is 74.5 Å². The first kappa shape index (κ1) is 23.8. The van der Waals surface area contributed by atoms with E-state index in [1.165, 1.54) is 6.39 Å². The van der Waals surface area contributed by atoms with Crippen LogP contribution in [0.3, 0.4) is 0 Å². The summed E-state index contributed by atoms with van der Waals surface area (Å²) in [5.74, 6) is 0.599. The fourth-order valence-electron chi connectivity index (χ4n) is 6.00.